The molecule has 0 radical (unpaired) electrons. The van der Waals surface area contributed by atoms with Crippen LogP contribution in [0.1, 0.15) is 5.56 Å². The minimum Gasteiger partial charge on any atom is -0.493 e. The third-order valence-electron chi connectivity index (χ3n) is 3.73. The number of benzene rings is 2. The molecule has 0 bridgehead atoms. The number of carbonyl (C=O) groups is 1. The Morgan fingerprint density at radius 2 is 1.84 bits per heavy atom. The predicted octanol–water partition coefficient (Wildman–Crippen LogP) is 3.90. The topological polar surface area (TPSA) is 60.5 Å². The molecule has 1 N–H and O–H groups in total. The van der Waals surface area contributed by atoms with Crippen molar-refractivity contribution in [1.29, 1.82) is 0 Å². The highest BCUT2D eigenvalue weighted by Gasteiger charge is 2.05. The van der Waals surface area contributed by atoms with Gasteiger partial charge < -0.3 is 14.8 Å². The first kappa shape index (κ1) is 16.5. The van der Waals surface area contributed by atoms with Crippen LogP contribution in [0.25, 0.3) is 17.0 Å². The van der Waals surface area contributed by atoms with E-state index in [1.807, 2.05) is 42.5 Å². The fraction of sp³-hybridized carbons (Fsp3) is 0.100. The van der Waals surface area contributed by atoms with E-state index in [2.05, 4.69) is 10.3 Å². The average molecular weight is 334 g/mol. The number of fused-ring (bicyclic) bond motifs is 1. The fourth-order valence-corrected chi connectivity index (χ4v) is 2.51. The van der Waals surface area contributed by atoms with Crippen molar-refractivity contribution in [3.63, 3.8) is 0 Å². The second-order valence-corrected chi connectivity index (χ2v) is 5.32. The van der Waals surface area contributed by atoms with Gasteiger partial charge in [0.1, 0.15) is 0 Å². The lowest BCUT2D eigenvalue weighted by atomic mass is 10.1. The Kier molecular flexibility index (Phi) is 4.95. The number of aromatic nitrogens is 1. The zero-order valence-corrected chi connectivity index (χ0v) is 14.0. The molecule has 3 rings (SSSR count). The summed E-state index contributed by atoms with van der Waals surface area (Å²) in [5, 5.41) is 3.84. The third-order valence-corrected chi connectivity index (χ3v) is 3.73. The van der Waals surface area contributed by atoms with Gasteiger partial charge in [0, 0.05) is 17.7 Å². The lowest BCUT2D eigenvalue weighted by Crippen LogP contribution is -2.08. The van der Waals surface area contributed by atoms with E-state index in [9.17, 15) is 4.79 Å². The maximum absolute atomic E-state index is 12.2. The van der Waals surface area contributed by atoms with Crippen molar-refractivity contribution >= 4 is 28.6 Å². The summed E-state index contributed by atoms with van der Waals surface area (Å²) in [5.41, 5.74) is 2.28. The molecule has 0 spiro atoms. The maximum atomic E-state index is 12.2. The highest BCUT2D eigenvalue weighted by molar-refractivity contribution is 6.06. The number of anilines is 1. The first-order valence-corrected chi connectivity index (χ1v) is 7.76. The van der Waals surface area contributed by atoms with Gasteiger partial charge in [0.05, 0.1) is 25.4 Å². The van der Waals surface area contributed by atoms with Crippen LogP contribution in [0.2, 0.25) is 0 Å². The van der Waals surface area contributed by atoms with Gasteiger partial charge in [0.15, 0.2) is 11.5 Å². The van der Waals surface area contributed by atoms with Gasteiger partial charge in [-0.3, -0.25) is 9.78 Å². The second kappa shape index (κ2) is 7.49. The van der Waals surface area contributed by atoms with Gasteiger partial charge in [-0.25, -0.2) is 0 Å². The van der Waals surface area contributed by atoms with Crippen molar-refractivity contribution in [2.75, 3.05) is 19.5 Å². The number of nitrogens with one attached hydrogen (secondary N) is 1. The summed E-state index contributed by atoms with van der Waals surface area (Å²) in [5.74, 6) is 1.03. The minimum absolute atomic E-state index is 0.229. The predicted molar refractivity (Wildman–Crippen MR) is 99.0 cm³/mol. The van der Waals surface area contributed by atoms with Gasteiger partial charge >= 0.3 is 0 Å². The Hall–Kier alpha value is -3.34. The van der Waals surface area contributed by atoms with E-state index in [1.165, 1.54) is 6.08 Å². The number of hydrogen-bond donors (Lipinski definition) is 1. The van der Waals surface area contributed by atoms with Gasteiger partial charge in [-0.1, -0.05) is 24.3 Å². The van der Waals surface area contributed by atoms with Crippen LogP contribution in [0.3, 0.4) is 0 Å². The van der Waals surface area contributed by atoms with Crippen molar-refractivity contribution in [3.05, 3.63) is 66.4 Å². The molecule has 0 aliphatic rings. The number of pyridine rings is 1. The zero-order chi connectivity index (χ0) is 17.6. The molecule has 1 heterocycles. The van der Waals surface area contributed by atoms with Crippen LogP contribution in [0.4, 0.5) is 5.69 Å². The number of para-hydroxylation sites is 1. The molecule has 0 aliphatic heterocycles. The van der Waals surface area contributed by atoms with E-state index in [0.717, 1.165) is 16.5 Å². The van der Waals surface area contributed by atoms with Crippen LogP contribution in [0.5, 0.6) is 11.5 Å². The molecular formula is C20H18N2O3. The lowest BCUT2D eigenvalue weighted by Gasteiger charge is -2.08. The molecule has 1 amide bonds. The third kappa shape index (κ3) is 3.77. The molecule has 0 saturated heterocycles. The molecule has 5 heteroatoms. The highest BCUT2D eigenvalue weighted by atomic mass is 16.5. The van der Waals surface area contributed by atoms with Crippen molar-refractivity contribution in [2.45, 2.75) is 0 Å². The van der Waals surface area contributed by atoms with Gasteiger partial charge in [0.2, 0.25) is 5.91 Å². The zero-order valence-electron chi connectivity index (χ0n) is 14.0. The van der Waals surface area contributed by atoms with Gasteiger partial charge in [-0.05, 0) is 35.9 Å². The maximum Gasteiger partial charge on any atom is 0.248 e. The summed E-state index contributed by atoms with van der Waals surface area (Å²) in [6, 6.07) is 15.0. The quantitative estimate of drug-likeness (QED) is 0.719. The first-order valence-electron chi connectivity index (χ1n) is 7.76. The SMILES string of the molecule is COc1ccc(C=CC(=O)Nc2cccc3cccnc23)cc1OC. The number of amides is 1. The van der Waals surface area contributed by atoms with Gasteiger partial charge in [-0.2, -0.15) is 0 Å². The lowest BCUT2D eigenvalue weighted by molar-refractivity contribution is -0.111. The van der Waals surface area contributed by atoms with Crippen LogP contribution in [-0.2, 0) is 4.79 Å². The standard InChI is InChI=1S/C20H18N2O3/c1-24-17-10-8-14(13-18(17)25-2)9-11-19(23)22-16-7-3-5-15-6-4-12-21-20(15)16/h3-13H,1-2H3,(H,22,23). The molecule has 0 atom stereocenters. The molecule has 126 valence electrons. The molecule has 1 aromatic heterocycles. The van der Waals surface area contributed by atoms with E-state index < -0.39 is 0 Å². The Morgan fingerprint density at radius 1 is 1.04 bits per heavy atom. The highest BCUT2D eigenvalue weighted by Crippen LogP contribution is 2.28. The molecule has 0 unspecified atom stereocenters. The summed E-state index contributed by atoms with van der Waals surface area (Å²) in [7, 11) is 3.16. The molecule has 5 nitrogen and oxygen atoms in total. The summed E-state index contributed by atoms with van der Waals surface area (Å²) in [6.45, 7) is 0. The van der Waals surface area contributed by atoms with Crippen LogP contribution in [0.15, 0.2) is 60.8 Å². The molecule has 0 saturated carbocycles. The number of ether oxygens (including phenoxy) is 2. The monoisotopic (exact) mass is 334 g/mol. The smallest absolute Gasteiger partial charge is 0.248 e. The van der Waals surface area contributed by atoms with Crippen LogP contribution in [0, 0.1) is 0 Å². The Bertz CT molecular complexity index is 930. The van der Waals surface area contributed by atoms with E-state index in [1.54, 1.807) is 32.6 Å². The normalized spacial score (nSPS) is 10.8. The molecule has 3 aromatic rings. The van der Waals surface area contributed by atoms with E-state index >= 15 is 0 Å². The number of rotatable bonds is 5. The Balaban J connectivity index is 1.77. The first-order chi connectivity index (χ1) is 12.2. The number of carbonyl (C=O) groups excluding carboxylic acids is 1. The molecule has 25 heavy (non-hydrogen) atoms. The van der Waals surface area contributed by atoms with Gasteiger partial charge in [0.25, 0.3) is 0 Å². The summed E-state index contributed by atoms with van der Waals surface area (Å²) in [6.07, 6.45) is 4.90. The molecule has 0 fully saturated rings. The molecule has 2 aromatic carbocycles. The van der Waals surface area contributed by atoms with E-state index in [4.69, 9.17) is 9.47 Å². The number of nitrogens with zero attached hydrogens (tertiary/aromatic N) is 1. The van der Waals surface area contributed by atoms with E-state index in [0.29, 0.717) is 17.2 Å². The summed E-state index contributed by atoms with van der Waals surface area (Å²) >= 11 is 0. The largest absolute Gasteiger partial charge is 0.493 e. The minimum atomic E-state index is -0.229. The van der Waals surface area contributed by atoms with Crippen molar-refractivity contribution < 1.29 is 14.3 Å². The summed E-state index contributed by atoms with van der Waals surface area (Å²) < 4.78 is 10.5. The Labute approximate surface area is 145 Å². The second-order valence-electron chi connectivity index (χ2n) is 5.32. The van der Waals surface area contributed by atoms with Crippen molar-refractivity contribution in [1.82, 2.24) is 4.98 Å². The van der Waals surface area contributed by atoms with Crippen LogP contribution >= 0.6 is 0 Å². The molecular weight excluding hydrogens is 316 g/mol. The van der Waals surface area contributed by atoms with Crippen molar-refractivity contribution in [2.24, 2.45) is 0 Å². The van der Waals surface area contributed by atoms with Crippen LogP contribution in [-0.4, -0.2) is 25.1 Å². The number of methoxy groups -OCH3 is 2. The summed E-state index contributed by atoms with van der Waals surface area (Å²) in [4.78, 5) is 16.6. The fourth-order valence-electron chi connectivity index (χ4n) is 2.51. The average Bonchev–Trinajstić information content (AvgIpc) is 2.66. The van der Waals surface area contributed by atoms with Crippen molar-refractivity contribution in [3.8, 4) is 11.5 Å². The molecule has 0 aliphatic carbocycles. The number of hydrogen-bond acceptors (Lipinski definition) is 4. The van der Waals surface area contributed by atoms with Gasteiger partial charge in [-0.15, -0.1) is 0 Å². The van der Waals surface area contributed by atoms with E-state index in [-0.39, 0.29) is 5.91 Å². The Morgan fingerprint density at radius 3 is 2.64 bits per heavy atom. The van der Waals surface area contributed by atoms with Crippen LogP contribution < -0.4 is 14.8 Å².